The molecule has 0 radical (unpaired) electrons. The third-order valence-electron chi connectivity index (χ3n) is 2.28. The summed E-state index contributed by atoms with van der Waals surface area (Å²) in [5.41, 5.74) is 0.0891. The molecule has 1 aromatic rings. The van der Waals surface area contributed by atoms with Crippen LogP contribution in [0.1, 0.15) is 19.3 Å². The summed E-state index contributed by atoms with van der Waals surface area (Å²) in [5.74, 6) is -1.39. The van der Waals surface area contributed by atoms with Gasteiger partial charge in [-0.25, -0.2) is 9.18 Å². The number of urea groups is 1. The fourth-order valence-corrected chi connectivity index (χ4v) is 1.69. The molecule has 7 heteroatoms. The van der Waals surface area contributed by atoms with Crippen LogP contribution in [0.5, 0.6) is 0 Å². The molecule has 19 heavy (non-hydrogen) atoms. The molecule has 5 nitrogen and oxygen atoms in total. The van der Waals surface area contributed by atoms with E-state index in [1.807, 2.05) is 0 Å². The predicted molar refractivity (Wildman–Crippen MR) is 72.6 cm³/mol. The number of carbonyl (C=O) groups excluding carboxylic acids is 1. The molecule has 0 spiro atoms. The summed E-state index contributed by atoms with van der Waals surface area (Å²) in [6.07, 6.45) is 1.12. The number of carboxylic acids is 1. The van der Waals surface area contributed by atoms with Crippen LogP contribution in [-0.2, 0) is 4.79 Å². The third kappa shape index (κ3) is 6.19. The Morgan fingerprint density at radius 2 is 2.05 bits per heavy atom. The molecule has 0 unspecified atom stereocenters. The van der Waals surface area contributed by atoms with Crippen molar-refractivity contribution >= 4 is 33.6 Å². The van der Waals surface area contributed by atoms with Crippen LogP contribution in [0.25, 0.3) is 0 Å². The van der Waals surface area contributed by atoms with Crippen LogP contribution in [0.2, 0.25) is 0 Å². The van der Waals surface area contributed by atoms with Crippen molar-refractivity contribution in [2.45, 2.75) is 19.3 Å². The normalized spacial score (nSPS) is 10.0. The van der Waals surface area contributed by atoms with E-state index in [0.29, 0.717) is 23.9 Å². The highest BCUT2D eigenvalue weighted by Crippen LogP contribution is 2.19. The molecule has 0 atom stereocenters. The standard InChI is InChI=1S/C12H14BrFN2O3/c13-8-4-5-10(9(14)7-8)16-12(19)15-6-2-1-3-11(17)18/h4-5,7H,1-3,6H2,(H,17,18)(H2,15,16,19). The maximum Gasteiger partial charge on any atom is 0.319 e. The number of aliphatic carboxylic acids is 1. The van der Waals surface area contributed by atoms with Gasteiger partial charge in [0.15, 0.2) is 0 Å². The highest BCUT2D eigenvalue weighted by Gasteiger charge is 2.06. The van der Waals surface area contributed by atoms with E-state index in [-0.39, 0.29) is 12.1 Å². The number of rotatable bonds is 6. The van der Waals surface area contributed by atoms with Gasteiger partial charge in [-0.05, 0) is 31.0 Å². The van der Waals surface area contributed by atoms with Crippen molar-refractivity contribution in [2.24, 2.45) is 0 Å². The number of nitrogens with one attached hydrogen (secondary N) is 2. The topological polar surface area (TPSA) is 78.4 Å². The molecule has 0 bridgehead atoms. The van der Waals surface area contributed by atoms with Gasteiger partial charge in [-0.1, -0.05) is 15.9 Å². The number of halogens is 2. The molecule has 0 saturated carbocycles. The lowest BCUT2D eigenvalue weighted by molar-refractivity contribution is -0.137. The molecule has 0 saturated heterocycles. The van der Waals surface area contributed by atoms with Gasteiger partial charge in [0, 0.05) is 17.4 Å². The highest BCUT2D eigenvalue weighted by molar-refractivity contribution is 9.10. The van der Waals surface area contributed by atoms with E-state index in [1.165, 1.54) is 12.1 Å². The second kappa shape index (κ2) is 7.73. The SMILES string of the molecule is O=C(O)CCCCNC(=O)Nc1ccc(Br)cc1F. The minimum Gasteiger partial charge on any atom is -0.481 e. The van der Waals surface area contributed by atoms with Crippen molar-refractivity contribution in [3.63, 3.8) is 0 Å². The van der Waals surface area contributed by atoms with Crippen LogP contribution in [0.4, 0.5) is 14.9 Å². The minimum absolute atomic E-state index is 0.0740. The van der Waals surface area contributed by atoms with E-state index < -0.39 is 17.8 Å². The second-order valence-corrected chi connectivity index (χ2v) is 4.77. The summed E-state index contributed by atoms with van der Waals surface area (Å²) in [6.45, 7) is 0.345. The lowest BCUT2D eigenvalue weighted by atomic mass is 10.2. The lowest BCUT2D eigenvalue weighted by Crippen LogP contribution is -2.29. The lowest BCUT2D eigenvalue weighted by Gasteiger charge is -2.08. The van der Waals surface area contributed by atoms with Crippen molar-refractivity contribution in [3.05, 3.63) is 28.5 Å². The molecular weight excluding hydrogens is 319 g/mol. The van der Waals surface area contributed by atoms with Gasteiger partial charge in [-0.2, -0.15) is 0 Å². The number of hydrogen-bond acceptors (Lipinski definition) is 2. The van der Waals surface area contributed by atoms with E-state index in [0.717, 1.165) is 0 Å². The van der Waals surface area contributed by atoms with Gasteiger partial charge in [0.2, 0.25) is 0 Å². The molecule has 0 aliphatic carbocycles. The number of hydrogen-bond donors (Lipinski definition) is 3. The fourth-order valence-electron chi connectivity index (χ4n) is 1.36. The van der Waals surface area contributed by atoms with E-state index in [9.17, 15) is 14.0 Å². The Bertz CT molecular complexity index is 468. The van der Waals surface area contributed by atoms with E-state index >= 15 is 0 Å². The number of amides is 2. The summed E-state index contributed by atoms with van der Waals surface area (Å²) in [6, 6.07) is 3.80. The van der Waals surface area contributed by atoms with Crippen LogP contribution in [0.3, 0.4) is 0 Å². The van der Waals surface area contributed by atoms with Gasteiger partial charge in [0.1, 0.15) is 5.82 Å². The fraction of sp³-hybridized carbons (Fsp3) is 0.333. The smallest absolute Gasteiger partial charge is 0.319 e. The zero-order valence-electron chi connectivity index (χ0n) is 10.1. The molecule has 0 aromatic heterocycles. The van der Waals surface area contributed by atoms with Crippen LogP contribution < -0.4 is 10.6 Å². The second-order valence-electron chi connectivity index (χ2n) is 3.86. The molecule has 0 fully saturated rings. The molecular formula is C12H14BrFN2O3. The first kappa shape index (κ1) is 15.4. The Kier molecular flexibility index (Phi) is 6.27. The Morgan fingerprint density at radius 3 is 2.68 bits per heavy atom. The van der Waals surface area contributed by atoms with Gasteiger partial charge in [-0.3, -0.25) is 4.79 Å². The first-order chi connectivity index (χ1) is 8.99. The molecule has 1 aromatic carbocycles. The Balaban J connectivity index is 2.29. The minimum atomic E-state index is -0.860. The molecule has 1 rings (SSSR count). The van der Waals surface area contributed by atoms with Crippen molar-refractivity contribution < 1.29 is 19.1 Å². The average molecular weight is 333 g/mol. The number of anilines is 1. The zero-order valence-corrected chi connectivity index (χ0v) is 11.7. The van der Waals surface area contributed by atoms with Crippen LogP contribution >= 0.6 is 15.9 Å². The number of carbonyl (C=O) groups is 2. The van der Waals surface area contributed by atoms with Crippen LogP contribution in [0.15, 0.2) is 22.7 Å². The molecule has 3 N–H and O–H groups in total. The summed E-state index contributed by atoms with van der Waals surface area (Å²) in [5, 5.41) is 13.3. The van der Waals surface area contributed by atoms with Crippen molar-refractivity contribution in [1.82, 2.24) is 5.32 Å². The molecule has 0 aliphatic heterocycles. The van der Waals surface area contributed by atoms with E-state index in [4.69, 9.17) is 5.11 Å². The molecule has 2 amide bonds. The molecule has 0 heterocycles. The van der Waals surface area contributed by atoms with Crippen LogP contribution in [0, 0.1) is 5.82 Å². The highest BCUT2D eigenvalue weighted by atomic mass is 79.9. The van der Waals surface area contributed by atoms with E-state index in [1.54, 1.807) is 6.07 Å². The summed E-state index contributed by atoms with van der Waals surface area (Å²) < 4.78 is 14.0. The first-order valence-electron chi connectivity index (χ1n) is 5.70. The number of unbranched alkanes of at least 4 members (excludes halogenated alkanes) is 1. The summed E-state index contributed by atoms with van der Waals surface area (Å²) >= 11 is 3.12. The van der Waals surface area contributed by atoms with Gasteiger partial charge in [0.25, 0.3) is 0 Å². The monoisotopic (exact) mass is 332 g/mol. The Morgan fingerprint density at radius 1 is 1.32 bits per heavy atom. The average Bonchev–Trinajstić information content (AvgIpc) is 2.32. The van der Waals surface area contributed by atoms with Gasteiger partial charge >= 0.3 is 12.0 Å². The first-order valence-corrected chi connectivity index (χ1v) is 6.50. The van der Waals surface area contributed by atoms with Crippen molar-refractivity contribution in [2.75, 3.05) is 11.9 Å². The quantitative estimate of drug-likeness (QED) is 0.701. The molecule has 104 valence electrons. The maximum absolute atomic E-state index is 13.4. The third-order valence-corrected chi connectivity index (χ3v) is 2.78. The van der Waals surface area contributed by atoms with Gasteiger partial charge in [0.05, 0.1) is 5.69 Å². The van der Waals surface area contributed by atoms with Crippen LogP contribution in [-0.4, -0.2) is 23.7 Å². The predicted octanol–water partition coefficient (Wildman–Crippen LogP) is 2.96. The summed E-state index contributed by atoms with van der Waals surface area (Å²) in [7, 11) is 0. The van der Waals surface area contributed by atoms with Crippen molar-refractivity contribution in [3.8, 4) is 0 Å². The molecule has 0 aliphatic rings. The van der Waals surface area contributed by atoms with E-state index in [2.05, 4.69) is 26.6 Å². The zero-order chi connectivity index (χ0) is 14.3. The van der Waals surface area contributed by atoms with Gasteiger partial charge in [-0.15, -0.1) is 0 Å². The largest absolute Gasteiger partial charge is 0.481 e. The summed E-state index contributed by atoms with van der Waals surface area (Å²) in [4.78, 5) is 21.7. The maximum atomic E-state index is 13.4. The Hall–Kier alpha value is -1.63. The van der Waals surface area contributed by atoms with Gasteiger partial charge < -0.3 is 15.7 Å². The Labute approximate surface area is 118 Å². The number of carboxylic acid groups (broad SMARTS) is 1. The van der Waals surface area contributed by atoms with Crippen molar-refractivity contribution in [1.29, 1.82) is 0 Å². The number of benzene rings is 1.